The number of benzene rings is 3. The number of ether oxygens (including phenoxy) is 1. The summed E-state index contributed by atoms with van der Waals surface area (Å²) in [4.78, 5) is 0. The fraction of sp³-hybridized carbons (Fsp3) is 0.0476. The van der Waals surface area contributed by atoms with Gasteiger partial charge in [0.05, 0.1) is 18.1 Å². The van der Waals surface area contributed by atoms with Crippen LogP contribution in [-0.4, -0.2) is 11.7 Å². The molecule has 2 nitrogen and oxygen atoms in total. The Balaban J connectivity index is 1.84. The van der Waals surface area contributed by atoms with E-state index in [1.54, 1.807) is 7.11 Å². The highest BCUT2D eigenvalue weighted by Crippen LogP contribution is 2.29. The normalized spacial score (nSPS) is 11.5. The largest absolute Gasteiger partial charge is 0.497 e. The van der Waals surface area contributed by atoms with Crippen LogP contribution in [0.2, 0.25) is 0 Å². The fourth-order valence-corrected chi connectivity index (χ4v) is 2.99. The molecule has 0 amide bonds. The van der Waals surface area contributed by atoms with Gasteiger partial charge < -0.3 is 9.30 Å². The molecule has 0 N–H and O–H groups in total. The molecule has 0 saturated carbocycles. The molecule has 0 unspecified atom stereocenters. The van der Waals surface area contributed by atoms with Gasteiger partial charge in [0.15, 0.2) is 0 Å². The third-order valence-electron chi connectivity index (χ3n) is 4.15. The Morgan fingerprint density at radius 2 is 1.30 bits per heavy atom. The average molecular weight is 299 g/mol. The second kappa shape index (κ2) is 5.65. The molecule has 0 aliphatic heterocycles. The third kappa shape index (κ3) is 2.38. The van der Waals surface area contributed by atoms with Gasteiger partial charge in [-0.05, 0) is 35.9 Å². The van der Waals surface area contributed by atoms with E-state index in [1.165, 1.54) is 21.8 Å². The van der Waals surface area contributed by atoms with Crippen LogP contribution in [0.4, 0.5) is 0 Å². The van der Waals surface area contributed by atoms with Gasteiger partial charge in [0.25, 0.3) is 0 Å². The highest BCUT2D eigenvalue weighted by atomic mass is 16.5. The van der Waals surface area contributed by atoms with Crippen LogP contribution in [0.15, 0.2) is 72.8 Å². The van der Waals surface area contributed by atoms with Crippen LogP contribution in [0.3, 0.4) is 0 Å². The first kappa shape index (κ1) is 13.6. The first-order valence-corrected chi connectivity index (χ1v) is 7.67. The summed E-state index contributed by atoms with van der Waals surface area (Å²) < 4.78 is 7.45. The van der Waals surface area contributed by atoms with Gasteiger partial charge in [-0.1, -0.05) is 48.5 Å². The minimum absolute atomic E-state index is 0.874. The Labute approximate surface area is 135 Å². The summed E-state index contributed by atoms with van der Waals surface area (Å²) in [6, 6.07) is 25.1. The Kier molecular flexibility index (Phi) is 3.35. The number of aromatic nitrogens is 1. The van der Waals surface area contributed by atoms with E-state index in [0.29, 0.717) is 0 Å². The lowest BCUT2D eigenvalue weighted by Crippen LogP contribution is -1.85. The first-order chi connectivity index (χ1) is 11.4. The van der Waals surface area contributed by atoms with Gasteiger partial charge in [-0.2, -0.15) is 0 Å². The molecule has 23 heavy (non-hydrogen) atoms. The summed E-state index contributed by atoms with van der Waals surface area (Å²) in [5, 5.41) is 2.56. The van der Waals surface area contributed by atoms with Crippen LogP contribution < -0.4 is 4.74 Å². The first-order valence-electron chi connectivity index (χ1n) is 7.67. The molecule has 112 valence electrons. The van der Waals surface area contributed by atoms with Crippen molar-refractivity contribution in [1.82, 2.24) is 4.57 Å². The number of fused-ring (bicyclic) bond motifs is 3. The van der Waals surface area contributed by atoms with Crippen LogP contribution in [0.1, 0.15) is 5.56 Å². The molecular formula is C21H17NO. The summed E-state index contributed by atoms with van der Waals surface area (Å²) in [6.45, 7) is 0. The lowest BCUT2D eigenvalue weighted by molar-refractivity contribution is 0.415. The highest BCUT2D eigenvalue weighted by Gasteiger charge is 2.07. The van der Waals surface area contributed by atoms with E-state index in [-0.39, 0.29) is 0 Å². The SMILES string of the molecule is COc1ccc(/C=C/n2c3ccccc3c3ccccc32)cc1. The van der Waals surface area contributed by atoms with E-state index >= 15 is 0 Å². The molecule has 0 aliphatic carbocycles. The molecule has 0 radical (unpaired) electrons. The lowest BCUT2D eigenvalue weighted by Gasteiger charge is -2.02. The topological polar surface area (TPSA) is 14.2 Å². The van der Waals surface area contributed by atoms with E-state index in [1.807, 2.05) is 12.1 Å². The van der Waals surface area contributed by atoms with Gasteiger partial charge in [-0.15, -0.1) is 0 Å². The minimum Gasteiger partial charge on any atom is -0.497 e. The summed E-state index contributed by atoms with van der Waals surface area (Å²) in [5.74, 6) is 0.874. The highest BCUT2D eigenvalue weighted by molar-refractivity contribution is 6.09. The molecule has 0 aliphatic rings. The van der Waals surface area contributed by atoms with E-state index in [4.69, 9.17) is 4.74 Å². The zero-order valence-corrected chi connectivity index (χ0v) is 12.9. The quantitative estimate of drug-likeness (QED) is 0.492. The number of rotatable bonds is 3. The van der Waals surface area contributed by atoms with Gasteiger partial charge >= 0.3 is 0 Å². The van der Waals surface area contributed by atoms with E-state index in [9.17, 15) is 0 Å². The average Bonchev–Trinajstić information content (AvgIpc) is 2.94. The Morgan fingerprint density at radius 1 is 0.739 bits per heavy atom. The zero-order valence-electron chi connectivity index (χ0n) is 12.9. The van der Waals surface area contributed by atoms with Crippen molar-refractivity contribution in [3.8, 4) is 5.75 Å². The maximum atomic E-state index is 5.21. The van der Waals surface area contributed by atoms with Crippen LogP contribution in [0.25, 0.3) is 34.1 Å². The van der Waals surface area contributed by atoms with Crippen LogP contribution in [0, 0.1) is 0 Å². The molecule has 0 spiro atoms. The number of hydrogen-bond acceptors (Lipinski definition) is 1. The van der Waals surface area contributed by atoms with Gasteiger partial charge in [0, 0.05) is 17.0 Å². The lowest BCUT2D eigenvalue weighted by atomic mass is 10.2. The number of para-hydroxylation sites is 2. The molecule has 1 heterocycles. The summed E-state index contributed by atoms with van der Waals surface area (Å²) >= 11 is 0. The summed E-state index contributed by atoms with van der Waals surface area (Å²) in [5.41, 5.74) is 3.59. The van der Waals surface area contributed by atoms with Crippen molar-refractivity contribution < 1.29 is 4.74 Å². The van der Waals surface area contributed by atoms with Crippen molar-refractivity contribution in [3.05, 3.63) is 78.4 Å². The van der Waals surface area contributed by atoms with Crippen LogP contribution >= 0.6 is 0 Å². The van der Waals surface area contributed by atoms with Crippen molar-refractivity contribution in [2.24, 2.45) is 0 Å². The van der Waals surface area contributed by atoms with E-state index in [0.717, 1.165) is 11.3 Å². The summed E-state index contributed by atoms with van der Waals surface area (Å²) in [6.07, 6.45) is 4.25. The second-order valence-electron chi connectivity index (χ2n) is 5.49. The molecule has 1 aromatic heterocycles. The predicted molar refractivity (Wildman–Crippen MR) is 97.7 cm³/mol. The molecule has 3 aromatic carbocycles. The molecule has 2 heteroatoms. The molecule has 0 atom stereocenters. The number of hydrogen-bond donors (Lipinski definition) is 0. The Morgan fingerprint density at radius 3 is 1.87 bits per heavy atom. The van der Waals surface area contributed by atoms with Crippen molar-refractivity contribution >= 4 is 34.1 Å². The fourth-order valence-electron chi connectivity index (χ4n) is 2.99. The molecule has 0 bridgehead atoms. The molecular weight excluding hydrogens is 282 g/mol. The summed E-state index contributed by atoms with van der Waals surface area (Å²) in [7, 11) is 1.68. The maximum absolute atomic E-state index is 5.21. The second-order valence-corrected chi connectivity index (χ2v) is 5.49. The smallest absolute Gasteiger partial charge is 0.118 e. The van der Waals surface area contributed by atoms with Crippen molar-refractivity contribution in [1.29, 1.82) is 0 Å². The van der Waals surface area contributed by atoms with Crippen molar-refractivity contribution in [2.75, 3.05) is 7.11 Å². The van der Waals surface area contributed by atoms with Crippen molar-refractivity contribution in [3.63, 3.8) is 0 Å². The van der Waals surface area contributed by atoms with Crippen LogP contribution in [-0.2, 0) is 0 Å². The van der Waals surface area contributed by atoms with Gasteiger partial charge in [0.1, 0.15) is 5.75 Å². The molecule has 0 fully saturated rings. The standard InChI is InChI=1S/C21H17NO/c1-23-17-12-10-16(11-13-17)14-15-22-20-8-4-2-6-18(20)19-7-3-5-9-21(19)22/h2-15H,1H3/b15-14+. The van der Waals surface area contributed by atoms with Gasteiger partial charge in [-0.25, -0.2) is 0 Å². The van der Waals surface area contributed by atoms with Gasteiger partial charge in [-0.3, -0.25) is 0 Å². The molecule has 0 saturated heterocycles. The maximum Gasteiger partial charge on any atom is 0.118 e. The molecule has 4 rings (SSSR count). The minimum atomic E-state index is 0.874. The Bertz CT molecular complexity index is 940. The third-order valence-corrected chi connectivity index (χ3v) is 4.15. The number of methoxy groups -OCH3 is 1. The van der Waals surface area contributed by atoms with Crippen molar-refractivity contribution in [2.45, 2.75) is 0 Å². The van der Waals surface area contributed by atoms with E-state index in [2.05, 4.69) is 77.5 Å². The van der Waals surface area contributed by atoms with Crippen LogP contribution in [0.5, 0.6) is 5.75 Å². The number of nitrogens with zero attached hydrogens (tertiary/aromatic N) is 1. The molecule has 4 aromatic rings. The van der Waals surface area contributed by atoms with Gasteiger partial charge in [0.2, 0.25) is 0 Å². The Hall–Kier alpha value is -3.00. The van der Waals surface area contributed by atoms with E-state index < -0.39 is 0 Å². The zero-order chi connectivity index (χ0) is 15.6. The predicted octanol–water partition coefficient (Wildman–Crippen LogP) is 5.43. The monoisotopic (exact) mass is 299 g/mol.